The van der Waals surface area contributed by atoms with Gasteiger partial charge in [0.05, 0.1) is 0 Å². The summed E-state index contributed by atoms with van der Waals surface area (Å²) >= 11 is 0. The van der Waals surface area contributed by atoms with E-state index in [1.165, 1.54) is 24.6 Å². The third kappa shape index (κ3) is 3.45. The lowest BCUT2D eigenvalue weighted by Gasteiger charge is -2.34. The summed E-state index contributed by atoms with van der Waals surface area (Å²) < 4.78 is 23.8. The van der Waals surface area contributed by atoms with Crippen molar-refractivity contribution in [2.45, 2.75) is 31.8 Å². The number of carbonyl (C=O) groups is 1. The summed E-state index contributed by atoms with van der Waals surface area (Å²) in [5.74, 6) is 1.20. The highest BCUT2D eigenvalue weighted by molar-refractivity contribution is 5.66. The average Bonchev–Trinajstić information content (AvgIpc) is 2.45. The molecule has 2 aromatic carbocycles. The Balaban J connectivity index is 1.63. The van der Waals surface area contributed by atoms with E-state index in [0.29, 0.717) is 11.7 Å². The van der Waals surface area contributed by atoms with Gasteiger partial charge in [-0.05, 0) is 60.7 Å². The third-order valence-electron chi connectivity index (χ3n) is 3.81. The molecule has 1 aliphatic rings. The van der Waals surface area contributed by atoms with Crippen molar-refractivity contribution in [3.05, 3.63) is 59.9 Å². The minimum Gasteiger partial charge on any atom is -0.463 e. The second kappa shape index (κ2) is 6.18. The zero-order valence-electron chi connectivity index (χ0n) is 12.3. The zero-order valence-corrected chi connectivity index (χ0v) is 12.3. The zero-order chi connectivity index (χ0) is 15.5. The van der Waals surface area contributed by atoms with Crippen LogP contribution in [-0.4, -0.2) is 12.1 Å². The molecule has 0 aliphatic heterocycles. The van der Waals surface area contributed by atoms with Crippen molar-refractivity contribution >= 4 is 5.97 Å². The molecule has 0 radical (unpaired) electrons. The van der Waals surface area contributed by atoms with E-state index in [0.717, 1.165) is 18.6 Å². The molecule has 0 unspecified atom stereocenters. The maximum atomic E-state index is 12.9. The van der Waals surface area contributed by atoms with Gasteiger partial charge in [-0.1, -0.05) is 12.1 Å². The Hall–Kier alpha value is -2.36. The van der Waals surface area contributed by atoms with Crippen LogP contribution in [0, 0.1) is 5.82 Å². The Kier molecular flexibility index (Phi) is 4.09. The summed E-state index contributed by atoms with van der Waals surface area (Å²) in [5.41, 5.74) is 1.17. The molecule has 1 aliphatic carbocycles. The van der Waals surface area contributed by atoms with Crippen molar-refractivity contribution in [1.29, 1.82) is 0 Å². The first-order chi connectivity index (χ1) is 10.6. The molecule has 0 heterocycles. The molecule has 1 saturated carbocycles. The number of hydrogen-bond acceptors (Lipinski definition) is 3. The molecule has 0 N–H and O–H groups in total. The first kappa shape index (κ1) is 14.6. The molecule has 0 spiro atoms. The molecular formula is C18H17FO3. The number of esters is 1. The number of benzene rings is 2. The van der Waals surface area contributed by atoms with Gasteiger partial charge >= 0.3 is 5.97 Å². The predicted octanol–water partition coefficient (Wildman–Crippen LogP) is 4.43. The van der Waals surface area contributed by atoms with Gasteiger partial charge in [0.25, 0.3) is 0 Å². The molecule has 3 rings (SSSR count). The lowest BCUT2D eigenvalue weighted by molar-refractivity contribution is -0.151. The van der Waals surface area contributed by atoms with Gasteiger partial charge in [-0.2, -0.15) is 0 Å². The van der Waals surface area contributed by atoms with Crippen LogP contribution in [0.1, 0.15) is 31.2 Å². The van der Waals surface area contributed by atoms with Crippen LogP contribution in [0.15, 0.2) is 48.5 Å². The fourth-order valence-corrected chi connectivity index (χ4v) is 2.64. The normalized spacial score (nSPS) is 20.1. The van der Waals surface area contributed by atoms with Crippen molar-refractivity contribution in [2.24, 2.45) is 0 Å². The Morgan fingerprint density at radius 1 is 1.09 bits per heavy atom. The van der Waals surface area contributed by atoms with Crippen LogP contribution in [0.25, 0.3) is 0 Å². The first-order valence-electron chi connectivity index (χ1n) is 7.31. The second-order valence-electron chi connectivity index (χ2n) is 5.53. The van der Waals surface area contributed by atoms with Crippen LogP contribution in [0.3, 0.4) is 0 Å². The first-order valence-corrected chi connectivity index (χ1v) is 7.31. The standard InChI is InChI=1S/C18H17FO3/c1-12(20)21-18-10-14(11-18)13-3-2-4-17(9-13)22-16-7-5-15(19)6-8-16/h2-9,14,18H,10-11H2,1H3/t14-,18-. The van der Waals surface area contributed by atoms with Gasteiger partial charge < -0.3 is 9.47 Å². The molecule has 4 heteroatoms. The maximum absolute atomic E-state index is 12.9. The molecule has 2 aromatic rings. The Morgan fingerprint density at radius 2 is 1.82 bits per heavy atom. The summed E-state index contributed by atoms with van der Waals surface area (Å²) in [7, 11) is 0. The van der Waals surface area contributed by atoms with Crippen molar-refractivity contribution in [3.8, 4) is 11.5 Å². The number of halogens is 1. The molecule has 3 nitrogen and oxygen atoms in total. The summed E-state index contributed by atoms with van der Waals surface area (Å²) in [6.45, 7) is 1.44. The number of ether oxygens (including phenoxy) is 2. The summed E-state index contributed by atoms with van der Waals surface area (Å²) in [4.78, 5) is 10.9. The fraction of sp³-hybridized carbons (Fsp3) is 0.278. The van der Waals surface area contributed by atoms with Gasteiger partial charge in [0.15, 0.2) is 0 Å². The largest absolute Gasteiger partial charge is 0.463 e. The molecule has 0 aromatic heterocycles. The second-order valence-corrected chi connectivity index (χ2v) is 5.53. The Morgan fingerprint density at radius 3 is 2.50 bits per heavy atom. The lowest BCUT2D eigenvalue weighted by Crippen LogP contribution is -2.31. The molecule has 0 atom stereocenters. The average molecular weight is 300 g/mol. The van der Waals surface area contributed by atoms with Crippen molar-refractivity contribution in [3.63, 3.8) is 0 Å². The number of hydrogen-bond donors (Lipinski definition) is 0. The van der Waals surface area contributed by atoms with E-state index in [2.05, 4.69) is 0 Å². The van der Waals surface area contributed by atoms with Crippen LogP contribution in [0.5, 0.6) is 11.5 Å². The van der Waals surface area contributed by atoms with E-state index in [9.17, 15) is 9.18 Å². The van der Waals surface area contributed by atoms with E-state index in [4.69, 9.17) is 9.47 Å². The summed E-state index contributed by atoms with van der Waals surface area (Å²) in [6.07, 6.45) is 1.73. The van der Waals surface area contributed by atoms with Crippen molar-refractivity contribution in [1.82, 2.24) is 0 Å². The smallest absolute Gasteiger partial charge is 0.302 e. The van der Waals surface area contributed by atoms with Gasteiger partial charge in [0, 0.05) is 6.92 Å². The van der Waals surface area contributed by atoms with Gasteiger partial charge in [-0.15, -0.1) is 0 Å². The highest BCUT2D eigenvalue weighted by atomic mass is 19.1. The maximum Gasteiger partial charge on any atom is 0.302 e. The topological polar surface area (TPSA) is 35.5 Å². The monoisotopic (exact) mass is 300 g/mol. The molecule has 1 fully saturated rings. The van der Waals surface area contributed by atoms with Crippen LogP contribution in [0.2, 0.25) is 0 Å². The molecule has 114 valence electrons. The van der Waals surface area contributed by atoms with Crippen LogP contribution >= 0.6 is 0 Å². The van der Waals surface area contributed by atoms with Gasteiger partial charge in [-0.25, -0.2) is 4.39 Å². The Labute approximate surface area is 128 Å². The van der Waals surface area contributed by atoms with Gasteiger partial charge in [0.1, 0.15) is 23.4 Å². The molecule has 0 saturated heterocycles. The van der Waals surface area contributed by atoms with Gasteiger partial charge in [-0.3, -0.25) is 4.79 Å². The molecule has 0 amide bonds. The Bertz CT molecular complexity index is 660. The highest BCUT2D eigenvalue weighted by Gasteiger charge is 2.32. The van der Waals surface area contributed by atoms with Crippen molar-refractivity contribution < 1.29 is 18.7 Å². The molecule has 0 bridgehead atoms. The van der Waals surface area contributed by atoms with Crippen LogP contribution < -0.4 is 4.74 Å². The van der Waals surface area contributed by atoms with Gasteiger partial charge in [0.2, 0.25) is 0 Å². The quantitative estimate of drug-likeness (QED) is 0.784. The van der Waals surface area contributed by atoms with E-state index < -0.39 is 0 Å². The van der Waals surface area contributed by atoms with E-state index in [1.807, 2.05) is 24.3 Å². The number of rotatable bonds is 4. The minimum atomic E-state index is -0.285. The SMILES string of the molecule is CC(=O)O[C@H]1C[C@H](c2cccc(Oc3ccc(F)cc3)c2)C1. The van der Waals surface area contributed by atoms with Crippen molar-refractivity contribution in [2.75, 3.05) is 0 Å². The van der Waals surface area contributed by atoms with E-state index >= 15 is 0 Å². The lowest BCUT2D eigenvalue weighted by atomic mass is 9.77. The number of carbonyl (C=O) groups excluding carboxylic acids is 1. The minimum absolute atomic E-state index is 0.0316. The van der Waals surface area contributed by atoms with Crippen LogP contribution in [-0.2, 0) is 9.53 Å². The van der Waals surface area contributed by atoms with Crippen LogP contribution in [0.4, 0.5) is 4.39 Å². The summed E-state index contributed by atoms with van der Waals surface area (Å²) in [5, 5.41) is 0. The predicted molar refractivity (Wildman–Crippen MR) is 80.4 cm³/mol. The molecule has 22 heavy (non-hydrogen) atoms. The van der Waals surface area contributed by atoms with E-state index in [-0.39, 0.29) is 17.9 Å². The summed E-state index contributed by atoms with van der Waals surface area (Å²) in [6, 6.07) is 13.8. The third-order valence-corrected chi connectivity index (χ3v) is 3.81. The van der Waals surface area contributed by atoms with E-state index in [1.54, 1.807) is 12.1 Å². The fourth-order valence-electron chi connectivity index (χ4n) is 2.64. The highest BCUT2D eigenvalue weighted by Crippen LogP contribution is 2.40. The molecular weight excluding hydrogens is 283 g/mol.